The molecule has 0 atom stereocenters. The molecule has 0 unspecified atom stereocenters. The first-order valence-corrected chi connectivity index (χ1v) is 9.80. The fourth-order valence-corrected chi connectivity index (χ4v) is 4.04. The molecule has 1 aliphatic rings. The van der Waals surface area contributed by atoms with E-state index in [-0.39, 0.29) is 27.6 Å². The van der Waals surface area contributed by atoms with Gasteiger partial charge in [-0.25, -0.2) is 18.7 Å². The van der Waals surface area contributed by atoms with Crippen LogP contribution in [0.3, 0.4) is 0 Å². The molecule has 1 aromatic heterocycles. The number of carbonyl (C=O) groups is 1. The third kappa shape index (κ3) is 3.43. The van der Waals surface area contributed by atoms with Gasteiger partial charge >= 0.3 is 0 Å². The third-order valence-corrected chi connectivity index (χ3v) is 5.54. The Morgan fingerprint density at radius 1 is 1.17 bits per heavy atom. The lowest BCUT2D eigenvalue weighted by molar-refractivity contribution is -0.129. The molecule has 1 N–H and O–H groups in total. The molecule has 154 valence electrons. The summed E-state index contributed by atoms with van der Waals surface area (Å²) in [6.07, 6.45) is 0. The van der Waals surface area contributed by atoms with Gasteiger partial charge in [0.25, 0.3) is 0 Å². The highest BCUT2D eigenvalue weighted by Crippen LogP contribution is 2.41. The van der Waals surface area contributed by atoms with Crippen LogP contribution < -0.4 is 10.6 Å². The first-order chi connectivity index (χ1) is 14.3. The van der Waals surface area contributed by atoms with E-state index in [1.165, 1.54) is 25.1 Å². The zero-order chi connectivity index (χ0) is 21.6. The van der Waals surface area contributed by atoms with Gasteiger partial charge in [-0.3, -0.25) is 4.79 Å². The standard InChI is InChI=1S/C20H18BClF2N4O2/c1-10(29)27-5-7-28(8-6-27)19-11-9-12(22)15(16-13(23)3-2-4-14(16)30)17(24)18(11)25-20(21)26-19/h2-4,9,30H,5-8,21H2,1H3. The zero-order valence-electron chi connectivity index (χ0n) is 16.4. The second-order valence-electron chi connectivity index (χ2n) is 7.17. The lowest BCUT2D eigenvalue weighted by Crippen LogP contribution is -2.48. The molecular weight excluding hydrogens is 413 g/mol. The fraction of sp³-hybridized carbons (Fsp3) is 0.250. The Morgan fingerprint density at radius 3 is 2.50 bits per heavy atom. The molecule has 1 aliphatic heterocycles. The minimum Gasteiger partial charge on any atom is -0.507 e. The van der Waals surface area contributed by atoms with Gasteiger partial charge in [-0.15, -0.1) is 0 Å². The number of halogens is 3. The van der Waals surface area contributed by atoms with Gasteiger partial charge in [0.2, 0.25) is 5.91 Å². The molecule has 10 heteroatoms. The summed E-state index contributed by atoms with van der Waals surface area (Å²) >= 11 is 6.36. The van der Waals surface area contributed by atoms with Gasteiger partial charge in [-0.1, -0.05) is 17.7 Å². The minimum atomic E-state index is -0.827. The predicted octanol–water partition coefficient (Wildman–Crippen LogP) is 1.86. The highest BCUT2D eigenvalue weighted by molar-refractivity contribution is 6.35. The topological polar surface area (TPSA) is 69.6 Å². The summed E-state index contributed by atoms with van der Waals surface area (Å²) in [6.45, 7) is 3.63. The number of hydrogen-bond acceptors (Lipinski definition) is 5. The Balaban J connectivity index is 1.87. The van der Waals surface area contributed by atoms with Crippen LogP contribution in [-0.4, -0.2) is 59.9 Å². The number of phenolic OH excluding ortho intramolecular Hbond substituents is 1. The van der Waals surface area contributed by atoms with Crippen molar-refractivity contribution in [3.63, 3.8) is 0 Å². The normalized spacial score (nSPS) is 14.4. The number of aromatic nitrogens is 2. The van der Waals surface area contributed by atoms with Gasteiger partial charge in [0.05, 0.1) is 16.3 Å². The van der Waals surface area contributed by atoms with Crippen molar-refractivity contribution in [3.05, 3.63) is 40.9 Å². The molecule has 6 nitrogen and oxygen atoms in total. The van der Waals surface area contributed by atoms with Gasteiger partial charge in [-0.2, -0.15) is 0 Å². The maximum atomic E-state index is 15.5. The van der Waals surface area contributed by atoms with Crippen molar-refractivity contribution < 1.29 is 18.7 Å². The maximum Gasteiger partial charge on any atom is 0.219 e. The van der Waals surface area contributed by atoms with E-state index >= 15 is 4.39 Å². The lowest BCUT2D eigenvalue weighted by Gasteiger charge is -2.35. The highest BCUT2D eigenvalue weighted by Gasteiger charge is 2.26. The van der Waals surface area contributed by atoms with E-state index in [4.69, 9.17) is 11.6 Å². The van der Waals surface area contributed by atoms with Crippen LogP contribution in [0.15, 0.2) is 24.3 Å². The molecule has 0 aliphatic carbocycles. The van der Waals surface area contributed by atoms with Gasteiger partial charge in [0.1, 0.15) is 22.9 Å². The Labute approximate surface area is 177 Å². The number of hydrogen-bond donors (Lipinski definition) is 1. The van der Waals surface area contributed by atoms with Crippen molar-refractivity contribution in [1.82, 2.24) is 14.9 Å². The summed E-state index contributed by atoms with van der Waals surface area (Å²) in [4.78, 5) is 24.0. The van der Waals surface area contributed by atoms with Crippen LogP contribution in [-0.2, 0) is 4.79 Å². The average molecular weight is 431 g/mol. The number of benzene rings is 2. The van der Waals surface area contributed by atoms with E-state index in [9.17, 15) is 14.3 Å². The second kappa shape index (κ2) is 7.72. The van der Waals surface area contributed by atoms with Crippen LogP contribution >= 0.6 is 11.6 Å². The molecule has 2 heterocycles. The molecule has 1 amide bonds. The van der Waals surface area contributed by atoms with Crippen LogP contribution in [0.1, 0.15) is 6.92 Å². The Kier molecular flexibility index (Phi) is 5.23. The van der Waals surface area contributed by atoms with Gasteiger partial charge in [0.15, 0.2) is 13.7 Å². The van der Waals surface area contributed by atoms with Crippen LogP contribution in [0.25, 0.3) is 22.0 Å². The number of fused-ring (bicyclic) bond motifs is 1. The molecule has 2 aromatic carbocycles. The molecule has 0 radical (unpaired) electrons. The number of piperazine rings is 1. The molecule has 4 rings (SSSR count). The minimum absolute atomic E-state index is 0.00167. The first-order valence-electron chi connectivity index (χ1n) is 9.42. The molecule has 30 heavy (non-hydrogen) atoms. The van der Waals surface area contributed by atoms with E-state index in [1.807, 2.05) is 4.90 Å². The average Bonchev–Trinajstić information content (AvgIpc) is 2.70. The fourth-order valence-electron chi connectivity index (χ4n) is 3.75. The van der Waals surface area contributed by atoms with E-state index in [0.717, 1.165) is 6.07 Å². The molecule has 0 bridgehead atoms. The number of carbonyl (C=O) groups excluding carboxylic acids is 1. The molecule has 3 aromatic rings. The highest BCUT2D eigenvalue weighted by atomic mass is 35.5. The van der Waals surface area contributed by atoms with Crippen molar-refractivity contribution in [2.24, 2.45) is 0 Å². The summed E-state index contributed by atoms with van der Waals surface area (Å²) in [5, 5.41) is 10.4. The van der Waals surface area contributed by atoms with Crippen molar-refractivity contribution in [1.29, 1.82) is 0 Å². The van der Waals surface area contributed by atoms with Crippen LogP contribution in [0.5, 0.6) is 5.75 Å². The molecule has 1 fully saturated rings. The van der Waals surface area contributed by atoms with Crippen molar-refractivity contribution in [2.45, 2.75) is 6.92 Å². The lowest BCUT2D eigenvalue weighted by atomic mass is 10.00. The van der Waals surface area contributed by atoms with E-state index in [2.05, 4.69) is 9.97 Å². The van der Waals surface area contributed by atoms with Crippen molar-refractivity contribution in [2.75, 3.05) is 31.1 Å². The van der Waals surface area contributed by atoms with Crippen LogP contribution in [0, 0.1) is 11.6 Å². The monoisotopic (exact) mass is 430 g/mol. The first kappa shape index (κ1) is 20.3. The molecular formula is C20H18BClF2N4O2. The number of aromatic hydroxyl groups is 1. The van der Waals surface area contributed by atoms with Crippen molar-refractivity contribution in [3.8, 4) is 16.9 Å². The quantitative estimate of drug-likeness (QED) is 0.629. The summed E-state index contributed by atoms with van der Waals surface area (Å²) < 4.78 is 29.9. The van der Waals surface area contributed by atoms with Gasteiger partial charge in [-0.05, 0) is 18.2 Å². The van der Waals surface area contributed by atoms with Crippen LogP contribution in [0.4, 0.5) is 14.6 Å². The Hall–Kier alpha value is -2.94. The number of rotatable bonds is 2. The SMILES string of the molecule is Bc1nc(N2CCN(C(C)=O)CC2)c2cc(Cl)c(-c3c(O)cccc3F)c(F)c2n1. The van der Waals surface area contributed by atoms with Crippen molar-refractivity contribution >= 4 is 47.8 Å². The van der Waals surface area contributed by atoms with E-state index in [1.54, 1.807) is 12.7 Å². The predicted molar refractivity (Wildman–Crippen MR) is 114 cm³/mol. The third-order valence-electron chi connectivity index (χ3n) is 5.24. The number of phenols is 1. The Bertz CT molecular complexity index is 1150. The van der Waals surface area contributed by atoms with Gasteiger partial charge in [0, 0.05) is 44.1 Å². The smallest absolute Gasteiger partial charge is 0.219 e. The molecule has 1 saturated heterocycles. The Morgan fingerprint density at radius 2 is 1.87 bits per heavy atom. The van der Waals surface area contributed by atoms with E-state index < -0.39 is 17.4 Å². The summed E-state index contributed by atoms with van der Waals surface area (Å²) in [5.74, 6) is -1.53. The maximum absolute atomic E-state index is 15.5. The van der Waals surface area contributed by atoms with E-state index in [0.29, 0.717) is 43.1 Å². The number of nitrogens with zero attached hydrogens (tertiary/aromatic N) is 4. The van der Waals surface area contributed by atoms with Crippen LogP contribution in [0.2, 0.25) is 5.02 Å². The second-order valence-corrected chi connectivity index (χ2v) is 7.57. The molecule has 0 saturated carbocycles. The summed E-state index contributed by atoms with van der Waals surface area (Å²) in [6, 6.07) is 5.21. The zero-order valence-corrected chi connectivity index (χ0v) is 17.2. The molecule has 0 spiro atoms. The number of anilines is 1. The summed E-state index contributed by atoms with van der Waals surface area (Å²) in [7, 11) is 1.64. The van der Waals surface area contributed by atoms with Gasteiger partial charge < -0.3 is 14.9 Å². The summed E-state index contributed by atoms with van der Waals surface area (Å²) in [5.41, 5.74) is -0.218. The number of amides is 1. The largest absolute Gasteiger partial charge is 0.507 e.